The van der Waals surface area contributed by atoms with E-state index in [-0.39, 0.29) is 6.03 Å². The smallest absolute Gasteiger partial charge is 0.308 e. The van der Waals surface area contributed by atoms with Crippen molar-refractivity contribution in [3.8, 4) is 6.07 Å². The van der Waals surface area contributed by atoms with Crippen molar-refractivity contribution in [3.63, 3.8) is 0 Å². The number of amides is 2. The molecule has 0 atom stereocenters. The molecule has 4 nitrogen and oxygen atoms in total. The van der Waals surface area contributed by atoms with E-state index in [2.05, 4.69) is 5.32 Å². The molecule has 0 aliphatic carbocycles. The molecule has 100 valence electrons. The number of anilines is 2. The van der Waals surface area contributed by atoms with Crippen LogP contribution in [0.1, 0.15) is 11.1 Å². The van der Waals surface area contributed by atoms with Crippen molar-refractivity contribution in [2.75, 3.05) is 17.3 Å². The Bertz CT molecular complexity index is 639. The molecule has 0 saturated carbocycles. The fourth-order valence-corrected chi connectivity index (χ4v) is 1.72. The molecule has 0 spiro atoms. The Labute approximate surface area is 118 Å². The summed E-state index contributed by atoms with van der Waals surface area (Å²) >= 11 is 0. The largest absolute Gasteiger partial charge is 0.326 e. The van der Waals surface area contributed by atoms with Gasteiger partial charge in [-0.2, -0.15) is 5.26 Å². The number of urea groups is 1. The summed E-state index contributed by atoms with van der Waals surface area (Å²) in [4.78, 5) is 13.6. The Morgan fingerprint density at radius 1 is 1.10 bits per heavy atom. The van der Waals surface area contributed by atoms with Gasteiger partial charge in [0.2, 0.25) is 0 Å². The second-order valence-corrected chi connectivity index (χ2v) is 4.51. The van der Waals surface area contributed by atoms with Crippen molar-refractivity contribution in [3.05, 3.63) is 59.7 Å². The van der Waals surface area contributed by atoms with Crippen LogP contribution in [-0.4, -0.2) is 13.1 Å². The first-order valence-corrected chi connectivity index (χ1v) is 6.21. The molecule has 0 aliphatic heterocycles. The van der Waals surface area contributed by atoms with Crippen LogP contribution in [0.15, 0.2) is 48.5 Å². The number of hydrogen-bond donors (Lipinski definition) is 1. The van der Waals surface area contributed by atoms with Crippen LogP contribution in [0.3, 0.4) is 0 Å². The molecule has 0 radical (unpaired) electrons. The number of nitrogens with zero attached hydrogens (tertiary/aromatic N) is 2. The number of hydrogen-bond acceptors (Lipinski definition) is 2. The van der Waals surface area contributed by atoms with Crippen molar-refractivity contribution in [1.82, 2.24) is 0 Å². The SMILES string of the molecule is Cc1ccc(NC(=O)N(C)c2ccc(C#N)cc2)cc1. The Kier molecular flexibility index (Phi) is 4.02. The topological polar surface area (TPSA) is 56.1 Å². The van der Waals surface area contributed by atoms with Crippen molar-refractivity contribution in [1.29, 1.82) is 5.26 Å². The first-order valence-electron chi connectivity index (χ1n) is 6.21. The van der Waals surface area contributed by atoms with Gasteiger partial charge in [-0.1, -0.05) is 17.7 Å². The van der Waals surface area contributed by atoms with Crippen LogP contribution in [0.4, 0.5) is 16.2 Å². The Balaban J connectivity index is 2.08. The Hall–Kier alpha value is -2.80. The van der Waals surface area contributed by atoms with Gasteiger partial charge < -0.3 is 5.32 Å². The van der Waals surface area contributed by atoms with Gasteiger partial charge in [0.1, 0.15) is 0 Å². The molecule has 1 N–H and O–H groups in total. The van der Waals surface area contributed by atoms with E-state index in [1.807, 2.05) is 37.3 Å². The molecule has 4 heteroatoms. The van der Waals surface area contributed by atoms with Crippen LogP contribution < -0.4 is 10.2 Å². The molecule has 2 aromatic rings. The van der Waals surface area contributed by atoms with Gasteiger partial charge in [-0.25, -0.2) is 4.79 Å². The summed E-state index contributed by atoms with van der Waals surface area (Å²) in [5, 5.41) is 11.6. The van der Waals surface area contributed by atoms with Gasteiger partial charge in [-0.15, -0.1) is 0 Å². The molecule has 2 aromatic carbocycles. The summed E-state index contributed by atoms with van der Waals surface area (Å²) in [5.74, 6) is 0. The second kappa shape index (κ2) is 5.89. The lowest BCUT2D eigenvalue weighted by molar-refractivity contribution is 0.258. The highest BCUT2D eigenvalue weighted by Gasteiger charge is 2.10. The van der Waals surface area contributed by atoms with E-state index in [1.165, 1.54) is 4.90 Å². The van der Waals surface area contributed by atoms with Crippen LogP contribution in [-0.2, 0) is 0 Å². The highest BCUT2D eigenvalue weighted by atomic mass is 16.2. The minimum Gasteiger partial charge on any atom is -0.308 e. The summed E-state index contributed by atoms with van der Waals surface area (Å²) in [6.45, 7) is 1.99. The Morgan fingerprint density at radius 2 is 1.70 bits per heavy atom. The summed E-state index contributed by atoms with van der Waals surface area (Å²) in [5.41, 5.74) is 3.19. The fraction of sp³-hybridized carbons (Fsp3) is 0.125. The van der Waals surface area contributed by atoms with Crippen molar-refractivity contribution >= 4 is 17.4 Å². The lowest BCUT2D eigenvalue weighted by atomic mass is 10.2. The summed E-state index contributed by atoms with van der Waals surface area (Å²) in [6.07, 6.45) is 0. The summed E-state index contributed by atoms with van der Waals surface area (Å²) in [6, 6.07) is 16.3. The van der Waals surface area contributed by atoms with Crippen LogP contribution in [0.2, 0.25) is 0 Å². The van der Waals surface area contributed by atoms with E-state index in [0.717, 1.165) is 16.9 Å². The first-order chi connectivity index (χ1) is 9.60. The van der Waals surface area contributed by atoms with Gasteiger partial charge in [0.05, 0.1) is 11.6 Å². The number of nitriles is 1. The third-order valence-corrected chi connectivity index (χ3v) is 2.99. The van der Waals surface area contributed by atoms with Crippen LogP contribution in [0.25, 0.3) is 0 Å². The number of carbonyl (C=O) groups is 1. The van der Waals surface area contributed by atoms with E-state index in [4.69, 9.17) is 5.26 Å². The van der Waals surface area contributed by atoms with Gasteiger partial charge in [0, 0.05) is 18.4 Å². The number of rotatable bonds is 2. The highest BCUT2D eigenvalue weighted by molar-refractivity contribution is 6.01. The molecule has 0 aliphatic rings. The summed E-state index contributed by atoms with van der Waals surface area (Å²) < 4.78 is 0. The lowest BCUT2D eigenvalue weighted by Crippen LogP contribution is -2.31. The highest BCUT2D eigenvalue weighted by Crippen LogP contribution is 2.15. The van der Waals surface area contributed by atoms with Gasteiger partial charge in [0.25, 0.3) is 0 Å². The Morgan fingerprint density at radius 3 is 2.25 bits per heavy atom. The minimum atomic E-state index is -0.224. The van der Waals surface area contributed by atoms with Crippen molar-refractivity contribution in [2.24, 2.45) is 0 Å². The van der Waals surface area contributed by atoms with Crippen LogP contribution in [0, 0.1) is 18.3 Å². The number of aryl methyl sites for hydroxylation is 1. The minimum absolute atomic E-state index is 0.224. The zero-order valence-electron chi connectivity index (χ0n) is 11.4. The zero-order chi connectivity index (χ0) is 14.5. The van der Waals surface area contributed by atoms with E-state index in [0.29, 0.717) is 5.56 Å². The molecule has 0 heterocycles. The van der Waals surface area contributed by atoms with Crippen LogP contribution >= 0.6 is 0 Å². The molecule has 0 aromatic heterocycles. The van der Waals surface area contributed by atoms with E-state index < -0.39 is 0 Å². The predicted octanol–water partition coefficient (Wildman–Crippen LogP) is 3.54. The standard InChI is InChI=1S/C16H15N3O/c1-12-3-7-14(8-4-12)18-16(20)19(2)15-9-5-13(11-17)6-10-15/h3-10H,1-2H3,(H,18,20). The van der Waals surface area contributed by atoms with Crippen molar-refractivity contribution < 1.29 is 4.79 Å². The van der Waals surface area contributed by atoms with Gasteiger partial charge in [0.15, 0.2) is 0 Å². The molecule has 2 rings (SSSR count). The quantitative estimate of drug-likeness (QED) is 0.903. The van der Waals surface area contributed by atoms with Crippen LogP contribution in [0.5, 0.6) is 0 Å². The maximum absolute atomic E-state index is 12.1. The molecular weight excluding hydrogens is 250 g/mol. The fourth-order valence-electron chi connectivity index (χ4n) is 1.72. The molecule has 2 amide bonds. The summed E-state index contributed by atoms with van der Waals surface area (Å²) in [7, 11) is 1.69. The predicted molar refractivity (Wildman–Crippen MR) is 79.8 cm³/mol. The van der Waals surface area contributed by atoms with Gasteiger partial charge >= 0.3 is 6.03 Å². The average Bonchev–Trinajstić information content (AvgIpc) is 2.49. The number of benzene rings is 2. The maximum atomic E-state index is 12.1. The third-order valence-electron chi connectivity index (χ3n) is 2.99. The van der Waals surface area contributed by atoms with E-state index in [9.17, 15) is 4.79 Å². The normalized spacial score (nSPS) is 9.65. The molecule has 0 unspecified atom stereocenters. The third kappa shape index (κ3) is 3.15. The number of nitrogens with one attached hydrogen (secondary N) is 1. The zero-order valence-corrected chi connectivity index (χ0v) is 11.4. The molecule has 20 heavy (non-hydrogen) atoms. The van der Waals surface area contributed by atoms with E-state index >= 15 is 0 Å². The van der Waals surface area contributed by atoms with Gasteiger partial charge in [-0.3, -0.25) is 4.90 Å². The van der Waals surface area contributed by atoms with E-state index in [1.54, 1.807) is 31.3 Å². The molecule has 0 saturated heterocycles. The molecule has 0 fully saturated rings. The number of carbonyl (C=O) groups excluding carboxylic acids is 1. The monoisotopic (exact) mass is 265 g/mol. The molecule has 0 bridgehead atoms. The maximum Gasteiger partial charge on any atom is 0.326 e. The van der Waals surface area contributed by atoms with Gasteiger partial charge in [-0.05, 0) is 43.3 Å². The first kappa shape index (κ1) is 13.6. The molecular formula is C16H15N3O. The average molecular weight is 265 g/mol. The van der Waals surface area contributed by atoms with Crippen molar-refractivity contribution in [2.45, 2.75) is 6.92 Å². The lowest BCUT2D eigenvalue weighted by Gasteiger charge is -2.18. The second-order valence-electron chi connectivity index (χ2n) is 4.51.